The zero-order chi connectivity index (χ0) is 23.7. The average Bonchev–Trinajstić information content (AvgIpc) is 2.81. The maximum absolute atomic E-state index is 14.0. The quantitative estimate of drug-likeness (QED) is 0.315. The molecule has 0 aliphatic heterocycles. The first-order valence-corrected chi connectivity index (χ1v) is 10.0. The lowest BCUT2D eigenvalue weighted by atomic mass is 9.97. The summed E-state index contributed by atoms with van der Waals surface area (Å²) in [5.41, 5.74) is 7.52. The van der Waals surface area contributed by atoms with Crippen LogP contribution in [0.2, 0.25) is 0 Å². The molecule has 0 aliphatic carbocycles. The molecule has 1 atom stereocenters. The number of aliphatic hydroxyl groups excluding tert-OH is 1. The Hall–Kier alpha value is -3.73. The maximum Gasteiger partial charge on any atom is 0.298 e. The number of aliphatic hydroxyl groups is 1. The van der Waals surface area contributed by atoms with Gasteiger partial charge >= 0.3 is 0 Å². The summed E-state index contributed by atoms with van der Waals surface area (Å²) in [6.07, 6.45) is 3.11. The predicted octanol–water partition coefficient (Wildman–Crippen LogP) is 3.94. The fourth-order valence-corrected chi connectivity index (χ4v) is 3.56. The topological polar surface area (TPSA) is 128 Å². The van der Waals surface area contributed by atoms with Crippen molar-refractivity contribution in [3.8, 4) is 29.0 Å². The lowest BCUT2D eigenvalue weighted by molar-refractivity contribution is -0.114. The molecule has 0 radical (unpaired) electrons. The largest absolute Gasteiger partial charge is 0.453 e. The van der Waals surface area contributed by atoms with Gasteiger partial charge in [-0.1, -0.05) is 24.8 Å². The molecule has 0 saturated heterocycles. The SMILES string of the molecule is C=C/C(=C\N=C)CSc1nc(N)c(C#N)c(-c2ccc(OC(F)(CO)CF)cc2)c1C#N. The zero-order valence-corrected chi connectivity index (χ0v) is 17.7. The minimum Gasteiger partial charge on any atom is -0.453 e. The monoisotopic (exact) mass is 455 g/mol. The highest BCUT2D eigenvalue weighted by Crippen LogP contribution is 2.37. The Kier molecular flexibility index (Phi) is 8.47. The van der Waals surface area contributed by atoms with Crippen molar-refractivity contribution < 1.29 is 18.6 Å². The molecular formula is C22H19F2N5O2S. The number of aliphatic imine (C=N–C) groups is 1. The molecule has 2 rings (SSSR count). The van der Waals surface area contributed by atoms with Gasteiger partial charge in [0.1, 0.15) is 40.9 Å². The van der Waals surface area contributed by atoms with Crippen LogP contribution in [0.25, 0.3) is 11.1 Å². The summed E-state index contributed by atoms with van der Waals surface area (Å²) in [5.74, 6) is -2.59. The number of nitrogens with zero attached hydrogens (tertiary/aromatic N) is 4. The standard InChI is InChI=1S/C22H19F2N5O2S/c1-3-14(10-28-2)11-32-21-18(9-26)19(17(8-25)20(27)29-21)15-4-6-16(7-5-15)31-22(24,12-23)13-30/h3-7,10,30H,1-2,11-13H2,(H2,27,29)/b14-10+. The third-order valence-corrected chi connectivity index (χ3v) is 5.24. The van der Waals surface area contributed by atoms with Crippen LogP contribution < -0.4 is 10.5 Å². The second-order valence-corrected chi connectivity index (χ2v) is 7.30. The van der Waals surface area contributed by atoms with E-state index in [0.717, 1.165) is 5.57 Å². The van der Waals surface area contributed by atoms with E-state index >= 15 is 0 Å². The molecule has 10 heteroatoms. The Bertz CT molecular complexity index is 1120. The number of thioether (sulfide) groups is 1. The highest BCUT2D eigenvalue weighted by Gasteiger charge is 2.31. The Balaban J connectivity index is 2.53. The minimum atomic E-state index is -2.86. The first-order chi connectivity index (χ1) is 15.4. The number of allylic oxidation sites excluding steroid dienone is 1. The van der Waals surface area contributed by atoms with Crippen molar-refractivity contribution in [3.05, 3.63) is 59.8 Å². The van der Waals surface area contributed by atoms with Gasteiger partial charge in [-0.2, -0.15) is 14.9 Å². The highest BCUT2D eigenvalue weighted by molar-refractivity contribution is 7.99. The van der Waals surface area contributed by atoms with E-state index in [4.69, 9.17) is 15.6 Å². The average molecular weight is 455 g/mol. The molecule has 1 aromatic heterocycles. The number of alkyl halides is 2. The third kappa shape index (κ3) is 5.49. The van der Waals surface area contributed by atoms with Gasteiger partial charge in [0.15, 0.2) is 6.67 Å². The molecule has 1 unspecified atom stereocenters. The number of benzene rings is 1. The van der Waals surface area contributed by atoms with Crippen LogP contribution in [-0.4, -0.2) is 41.7 Å². The molecule has 0 bridgehead atoms. The second-order valence-electron chi connectivity index (χ2n) is 6.33. The lowest BCUT2D eigenvalue weighted by Gasteiger charge is -2.21. The van der Waals surface area contributed by atoms with Crippen LogP contribution in [0.1, 0.15) is 11.1 Å². The van der Waals surface area contributed by atoms with Gasteiger partial charge in [0.25, 0.3) is 5.85 Å². The van der Waals surface area contributed by atoms with Gasteiger partial charge in [-0.05, 0) is 30.0 Å². The summed E-state index contributed by atoms with van der Waals surface area (Å²) in [4.78, 5) is 7.89. The van der Waals surface area contributed by atoms with Crippen molar-refractivity contribution in [2.45, 2.75) is 10.9 Å². The van der Waals surface area contributed by atoms with Crippen molar-refractivity contribution in [3.63, 3.8) is 0 Å². The zero-order valence-electron chi connectivity index (χ0n) is 16.9. The van der Waals surface area contributed by atoms with Crippen molar-refractivity contribution in [1.82, 2.24) is 4.98 Å². The Morgan fingerprint density at radius 2 is 1.97 bits per heavy atom. The molecule has 3 N–H and O–H groups in total. The van der Waals surface area contributed by atoms with Crippen LogP contribution in [0.5, 0.6) is 5.75 Å². The van der Waals surface area contributed by atoms with Crippen LogP contribution in [0.3, 0.4) is 0 Å². The van der Waals surface area contributed by atoms with Gasteiger partial charge < -0.3 is 15.6 Å². The number of rotatable bonds is 10. The molecule has 2 aromatic rings. The van der Waals surface area contributed by atoms with Crippen molar-refractivity contribution in [2.24, 2.45) is 4.99 Å². The molecular weight excluding hydrogens is 436 g/mol. The number of nitriles is 2. The molecule has 0 fully saturated rings. The maximum atomic E-state index is 14.0. The van der Waals surface area contributed by atoms with E-state index in [1.165, 1.54) is 42.2 Å². The number of pyridine rings is 1. The smallest absolute Gasteiger partial charge is 0.298 e. The van der Waals surface area contributed by atoms with E-state index in [1.54, 1.807) is 6.08 Å². The highest BCUT2D eigenvalue weighted by atomic mass is 32.2. The van der Waals surface area contributed by atoms with Gasteiger partial charge in [-0.3, -0.25) is 4.99 Å². The number of nitrogen functional groups attached to an aromatic ring is 1. The summed E-state index contributed by atoms with van der Waals surface area (Å²) in [7, 11) is 0. The van der Waals surface area contributed by atoms with Gasteiger partial charge in [-0.15, -0.1) is 11.8 Å². The van der Waals surface area contributed by atoms with E-state index < -0.39 is 19.1 Å². The van der Waals surface area contributed by atoms with E-state index in [-0.39, 0.29) is 28.3 Å². The normalized spacial score (nSPS) is 12.8. The van der Waals surface area contributed by atoms with Crippen LogP contribution in [0.4, 0.5) is 14.6 Å². The Morgan fingerprint density at radius 3 is 2.47 bits per heavy atom. The van der Waals surface area contributed by atoms with Gasteiger partial charge in [0.05, 0.1) is 5.56 Å². The van der Waals surface area contributed by atoms with Gasteiger partial charge in [0.2, 0.25) is 0 Å². The Labute approximate surface area is 188 Å². The molecule has 1 aromatic carbocycles. The number of hydrogen-bond donors (Lipinski definition) is 2. The van der Waals surface area contributed by atoms with Crippen LogP contribution >= 0.6 is 11.8 Å². The van der Waals surface area contributed by atoms with Gasteiger partial charge in [0, 0.05) is 17.5 Å². The van der Waals surface area contributed by atoms with E-state index in [1.807, 2.05) is 6.07 Å². The van der Waals surface area contributed by atoms with Crippen LogP contribution in [0.15, 0.2) is 58.7 Å². The van der Waals surface area contributed by atoms with Gasteiger partial charge in [-0.25, -0.2) is 9.37 Å². The summed E-state index contributed by atoms with van der Waals surface area (Å²) in [6.45, 7) is 4.39. The lowest BCUT2D eigenvalue weighted by Crippen LogP contribution is -2.37. The molecule has 164 valence electrons. The van der Waals surface area contributed by atoms with Crippen LogP contribution in [0, 0.1) is 22.7 Å². The number of anilines is 1. The molecule has 32 heavy (non-hydrogen) atoms. The molecule has 0 spiro atoms. The number of ether oxygens (including phenoxy) is 1. The Morgan fingerprint density at radius 1 is 1.31 bits per heavy atom. The van der Waals surface area contributed by atoms with Crippen molar-refractivity contribution >= 4 is 24.3 Å². The van der Waals surface area contributed by atoms with E-state index in [2.05, 4.69) is 29.3 Å². The number of nitrogens with two attached hydrogens (primary N) is 1. The van der Waals surface area contributed by atoms with E-state index in [9.17, 15) is 19.3 Å². The van der Waals surface area contributed by atoms with Crippen molar-refractivity contribution in [2.75, 3.05) is 24.8 Å². The molecule has 0 aliphatic rings. The summed E-state index contributed by atoms with van der Waals surface area (Å²) in [5, 5.41) is 28.7. The first kappa shape index (κ1) is 24.5. The third-order valence-electron chi connectivity index (χ3n) is 4.19. The number of halogens is 2. The fourth-order valence-electron chi connectivity index (χ4n) is 2.61. The van der Waals surface area contributed by atoms with Crippen molar-refractivity contribution in [1.29, 1.82) is 10.5 Å². The number of hydrogen-bond acceptors (Lipinski definition) is 8. The predicted molar refractivity (Wildman–Crippen MR) is 120 cm³/mol. The number of aromatic nitrogens is 1. The summed E-state index contributed by atoms with van der Waals surface area (Å²) in [6, 6.07) is 9.61. The summed E-state index contributed by atoms with van der Waals surface area (Å²) >= 11 is 1.21. The first-order valence-electron chi connectivity index (χ1n) is 9.05. The van der Waals surface area contributed by atoms with Crippen LogP contribution in [-0.2, 0) is 0 Å². The fraction of sp³-hybridized carbons (Fsp3) is 0.182. The molecule has 7 nitrogen and oxygen atoms in total. The molecule has 0 saturated carbocycles. The summed E-state index contributed by atoms with van der Waals surface area (Å²) < 4.78 is 31.6. The second kappa shape index (κ2) is 11.0. The molecule has 0 amide bonds. The van der Waals surface area contributed by atoms with E-state index in [0.29, 0.717) is 16.3 Å². The minimum absolute atomic E-state index is 0.00534. The molecule has 1 heterocycles.